The minimum atomic E-state index is -0.0397. The van der Waals surface area contributed by atoms with E-state index in [1.807, 2.05) is 31.0 Å². The first-order valence-electron chi connectivity index (χ1n) is 6.95. The monoisotopic (exact) mass is 273 g/mol. The molecule has 0 aromatic carbocycles. The molecule has 5 nitrogen and oxygen atoms in total. The van der Waals surface area contributed by atoms with Gasteiger partial charge < -0.3 is 5.32 Å². The van der Waals surface area contributed by atoms with Gasteiger partial charge in [0.2, 0.25) is 0 Å². The van der Waals surface area contributed by atoms with Crippen LogP contribution >= 0.6 is 0 Å². The van der Waals surface area contributed by atoms with Gasteiger partial charge in [0.15, 0.2) is 5.82 Å². The second kappa shape index (κ2) is 5.23. The molecular formula is C15H23N5. The SMILES string of the molecule is CCc1cc(NC)nc(-c2cn(C)nc2C(C)(C)C)n1. The van der Waals surface area contributed by atoms with Crippen LogP contribution < -0.4 is 5.32 Å². The molecule has 0 unspecified atom stereocenters. The van der Waals surface area contributed by atoms with Gasteiger partial charge in [0, 0.05) is 37.5 Å². The Balaban J connectivity index is 2.62. The summed E-state index contributed by atoms with van der Waals surface area (Å²) >= 11 is 0. The summed E-state index contributed by atoms with van der Waals surface area (Å²) in [6.45, 7) is 8.56. The van der Waals surface area contributed by atoms with Crippen molar-refractivity contribution in [1.29, 1.82) is 0 Å². The molecule has 2 aromatic heterocycles. The lowest BCUT2D eigenvalue weighted by Crippen LogP contribution is -2.14. The molecule has 0 amide bonds. The standard InChI is InChI=1S/C15H23N5/c1-7-10-8-12(16-5)18-14(17-10)11-9-20(6)19-13(11)15(2,3)4/h8-9H,7H2,1-6H3,(H,16,17,18). The lowest BCUT2D eigenvalue weighted by atomic mass is 9.89. The molecule has 20 heavy (non-hydrogen) atoms. The lowest BCUT2D eigenvalue weighted by molar-refractivity contribution is 0.554. The number of hydrogen-bond acceptors (Lipinski definition) is 4. The highest BCUT2D eigenvalue weighted by Crippen LogP contribution is 2.30. The van der Waals surface area contributed by atoms with E-state index in [-0.39, 0.29) is 5.41 Å². The predicted molar refractivity (Wildman–Crippen MR) is 81.9 cm³/mol. The first-order valence-corrected chi connectivity index (χ1v) is 6.95. The molecule has 0 aliphatic rings. The van der Waals surface area contributed by atoms with Crippen molar-refractivity contribution in [3.63, 3.8) is 0 Å². The summed E-state index contributed by atoms with van der Waals surface area (Å²) in [4.78, 5) is 9.24. The highest BCUT2D eigenvalue weighted by molar-refractivity contribution is 5.61. The number of anilines is 1. The van der Waals surface area contributed by atoms with Crippen LogP contribution in [-0.4, -0.2) is 26.8 Å². The zero-order chi connectivity index (χ0) is 14.9. The molecule has 5 heteroatoms. The van der Waals surface area contributed by atoms with Gasteiger partial charge in [0.1, 0.15) is 5.82 Å². The molecule has 2 heterocycles. The maximum atomic E-state index is 4.65. The van der Waals surface area contributed by atoms with Crippen molar-refractivity contribution in [3.05, 3.63) is 23.7 Å². The van der Waals surface area contributed by atoms with E-state index in [2.05, 4.69) is 48.1 Å². The molecule has 0 bridgehead atoms. The molecule has 0 atom stereocenters. The molecule has 0 aliphatic carbocycles. The maximum Gasteiger partial charge on any atom is 0.165 e. The Bertz CT molecular complexity index is 585. The number of rotatable bonds is 3. The van der Waals surface area contributed by atoms with Crippen molar-refractivity contribution in [2.24, 2.45) is 7.05 Å². The topological polar surface area (TPSA) is 55.6 Å². The highest BCUT2D eigenvalue weighted by atomic mass is 15.3. The quantitative estimate of drug-likeness (QED) is 0.934. The van der Waals surface area contributed by atoms with E-state index in [4.69, 9.17) is 0 Å². The van der Waals surface area contributed by atoms with Gasteiger partial charge in [-0.25, -0.2) is 9.97 Å². The van der Waals surface area contributed by atoms with E-state index < -0.39 is 0 Å². The molecule has 1 N–H and O–H groups in total. The van der Waals surface area contributed by atoms with Crippen molar-refractivity contribution in [2.75, 3.05) is 12.4 Å². The van der Waals surface area contributed by atoms with Gasteiger partial charge in [-0.05, 0) is 6.42 Å². The molecule has 0 spiro atoms. The van der Waals surface area contributed by atoms with Crippen molar-refractivity contribution in [3.8, 4) is 11.4 Å². The summed E-state index contributed by atoms with van der Waals surface area (Å²) in [6.07, 6.45) is 2.88. The maximum absolute atomic E-state index is 4.65. The van der Waals surface area contributed by atoms with E-state index in [9.17, 15) is 0 Å². The zero-order valence-corrected chi connectivity index (χ0v) is 13.2. The third-order valence-electron chi connectivity index (χ3n) is 3.18. The average molecular weight is 273 g/mol. The third kappa shape index (κ3) is 2.81. The van der Waals surface area contributed by atoms with Crippen molar-refractivity contribution < 1.29 is 0 Å². The molecule has 2 aromatic rings. The van der Waals surface area contributed by atoms with Crippen LogP contribution in [0.5, 0.6) is 0 Å². The smallest absolute Gasteiger partial charge is 0.165 e. The summed E-state index contributed by atoms with van der Waals surface area (Å²) in [5.74, 6) is 1.59. The Labute approximate surface area is 120 Å². The van der Waals surface area contributed by atoms with E-state index in [1.165, 1.54) is 0 Å². The fourth-order valence-corrected chi connectivity index (χ4v) is 2.13. The highest BCUT2D eigenvalue weighted by Gasteiger charge is 2.24. The van der Waals surface area contributed by atoms with Crippen LogP contribution in [0.4, 0.5) is 5.82 Å². The summed E-state index contributed by atoms with van der Waals surface area (Å²) < 4.78 is 1.83. The number of nitrogens with zero attached hydrogens (tertiary/aromatic N) is 4. The summed E-state index contributed by atoms with van der Waals surface area (Å²) in [5, 5.41) is 7.68. The normalized spacial score (nSPS) is 11.7. The molecule has 0 aliphatic heterocycles. The zero-order valence-electron chi connectivity index (χ0n) is 13.2. The Morgan fingerprint density at radius 1 is 1.25 bits per heavy atom. The Hall–Kier alpha value is -1.91. The van der Waals surface area contributed by atoms with Gasteiger partial charge in [-0.1, -0.05) is 27.7 Å². The summed E-state index contributed by atoms with van der Waals surface area (Å²) in [7, 11) is 3.81. The molecule has 108 valence electrons. The molecule has 0 saturated carbocycles. The van der Waals surface area contributed by atoms with E-state index in [0.717, 1.165) is 35.0 Å². The van der Waals surface area contributed by atoms with E-state index in [0.29, 0.717) is 0 Å². The Morgan fingerprint density at radius 3 is 2.50 bits per heavy atom. The first-order chi connectivity index (χ1) is 9.35. The Morgan fingerprint density at radius 2 is 1.95 bits per heavy atom. The second-order valence-electron chi connectivity index (χ2n) is 5.99. The fourth-order valence-electron chi connectivity index (χ4n) is 2.13. The van der Waals surface area contributed by atoms with Crippen LogP contribution in [0.1, 0.15) is 39.1 Å². The number of hydrogen-bond donors (Lipinski definition) is 1. The molecule has 0 fully saturated rings. The van der Waals surface area contributed by atoms with Crippen LogP contribution in [-0.2, 0) is 18.9 Å². The number of aryl methyl sites for hydroxylation is 2. The Kier molecular flexibility index (Phi) is 3.79. The summed E-state index contributed by atoms with van der Waals surface area (Å²) in [6, 6.07) is 1.98. The van der Waals surface area contributed by atoms with Crippen LogP contribution in [0, 0.1) is 0 Å². The first kappa shape index (κ1) is 14.5. The van der Waals surface area contributed by atoms with E-state index in [1.54, 1.807) is 0 Å². The van der Waals surface area contributed by atoms with Crippen LogP contribution in [0.15, 0.2) is 12.3 Å². The van der Waals surface area contributed by atoms with Gasteiger partial charge in [-0.15, -0.1) is 0 Å². The van der Waals surface area contributed by atoms with Gasteiger partial charge in [0.05, 0.1) is 11.3 Å². The number of aromatic nitrogens is 4. The van der Waals surface area contributed by atoms with Gasteiger partial charge in [-0.3, -0.25) is 4.68 Å². The van der Waals surface area contributed by atoms with E-state index >= 15 is 0 Å². The van der Waals surface area contributed by atoms with Crippen molar-refractivity contribution in [1.82, 2.24) is 19.7 Å². The van der Waals surface area contributed by atoms with Crippen LogP contribution in [0.25, 0.3) is 11.4 Å². The minimum Gasteiger partial charge on any atom is -0.373 e. The summed E-state index contributed by atoms with van der Waals surface area (Å²) in [5.41, 5.74) is 3.02. The fraction of sp³-hybridized carbons (Fsp3) is 0.533. The number of nitrogens with one attached hydrogen (secondary N) is 1. The van der Waals surface area contributed by atoms with Crippen LogP contribution in [0.3, 0.4) is 0 Å². The van der Waals surface area contributed by atoms with Crippen molar-refractivity contribution in [2.45, 2.75) is 39.5 Å². The largest absolute Gasteiger partial charge is 0.373 e. The molecular weight excluding hydrogens is 250 g/mol. The van der Waals surface area contributed by atoms with Gasteiger partial charge in [-0.2, -0.15) is 5.10 Å². The van der Waals surface area contributed by atoms with Crippen molar-refractivity contribution >= 4 is 5.82 Å². The third-order valence-corrected chi connectivity index (χ3v) is 3.18. The molecule has 2 rings (SSSR count). The van der Waals surface area contributed by atoms with Crippen LogP contribution in [0.2, 0.25) is 0 Å². The average Bonchev–Trinajstić information content (AvgIpc) is 2.80. The molecule has 0 saturated heterocycles. The second-order valence-corrected chi connectivity index (χ2v) is 5.99. The lowest BCUT2D eigenvalue weighted by Gasteiger charge is -2.17. The minimum absolute atomic E-state index is 0.0397. The van der Waals surface area contributed by atoms with Gasteiger partial charge in [0.25, 0.3) is 0 Å². The van der Waals surface area contributed by atoms with Gasteiger partial charge >= 0.3 is 0 Å². The predicted octanol–water partition coefficient (Wildman–Crippen LogP) is 2.78. The molecule has 0 radical (unpaired) electrons.